The normalized spacial score (nSPS) is 22.1. The quantitative estimate of drug-likeness (QED) is 0.456. The molecule has 20 heavy (non-hydrogen) atoms. The lowest BCUT2D eigenvalue weighted by Gasteiger charge is -2.22. The molecule has 0 saturated heterocycles. The van der Waals surface area contributed by atoms with Crippen molar-refractivity contribution in [3.05, 3.63) is 22.9 Å². The van der Waals surface area contributed by atoms with Crippen molar-refractivity contribution < 1.29 is 19.1 Å². The lowest BCUT2D eigenvalue weighted by molar-refractivity contribution is -0.168. The molecule has 0 bridgehead atoms. The van der Waals surface area contributed by atoms with Gasteiger partial charge in [0.15, 0.2) is 5.41 Å². The second-order valence-electron chi connectivity index (χ2n) is 6.27. The fourth-order valence-electron chi connectivity index (χ4n) is 2.66. The molecule has 1 aliphatic carbocycles. The number of allylic oxidation sites excluding steroid dienone is 3. The largest absolute Gasteiger partial charge is 0.468 e. The van der Waals surface area contributed by atoms with E-state index in [9.17, 15) is 9.59 Å². The molecule has 0 amide bonds. The Morgan fingerprint density at radius 1 is 1.05 bits per heavy atom. The molecular formula is C15H24O4Si. The molecule has 5 heteroatoms. The van der Waals surface area contributed by atoms with Crippen LogP contribution in [0.1, 0.15) is 19.8 Å². The van der Waals surface area contributed by atoms with Gasteiger partial charge < -0.3 is 9.47 Å². The van der Waals surface area contributed by atoms with Gasteiger partial charge >= 0.3 is 11.9 Å². The number of hydrogen-bond donors (Lipinski definition) is 0. The number of rotatable bonds is 3. The summed E-state index contributed by atoms with van der Waals surface area (Å²) in [6, 6.07) is 0. The topological polar surface area (TPSA) is 52.6 Å². The van der Waals surface area contributed by atoms with Crippen LogP contribution >= 0.6 is 0 Å². The van der Waals surface area contributed by atoms with Crippen LogP contribution in [-0.4, -0.2) is 34.2 Å². The smallest absolute Gasteiger partial charge is 0.323 e. The lowest BCUT2D eigenvalue weighted by atomic mass is 9.86. The minimum atomic E-state index is -1.44. The molecule has 0 N–H and O–H groups in total. The van der Waals surface area contributed by atoms with E-state index in [2.05, 4.69) is 25.3 Å². The standard InChI is InChI=1S/C15H24O4Si/c1-7-11-8-15(13(16)18-2,14(17)19-3)9-12(11)10-20(4,5)6/h7,10H,8-9H2,1-6H3/b11-7+,12-10+. The molecule has 0 aromatic heterocycles. The van der Waals surface area contributed by atoms with Crippen molar-refractivity contribution in [3.8, 4) is 0 Å². The molecule has 0 aromatic carbocycles. The molecule has 0 aromatic rings. The van der Waals surface area contributed by atoms with Crippen LogP contribution in [0.5, 0.6) is 0 Å². The van der Waals surface area contributed by atoms with E-state index in [1.54, 1.807) is 0 Å². The zero-order valence-corrected chi connectivity index (χ0v) is 14.2. The second-order valence-corrected chi connectivity index (χ2v) is 11.3. The number of carbonyl (C=O) groups excluding carboxylic acids is 2. The van der Waals surface area contributed by atoms with Gasteiger partial charge in [-0.15, -0.1) is 0 Å². The maximum absolute atomic E-state index is 12.1. The highest BCUT2D eigenvalue weighted by molar-refractivity contribution is 6.81. The van der Waals surface area contributed by atoms with Crippen LogP contribution in [0.25, 0.3) is 0 Å². The summed E-state index contributed by atoms with van der Waals surface area (Å²) in [5.74, 6) is -1.02. The first-order valence-corrected chi connectivity index (χ1v) is 10.3. The van der Waals surface area contributed by atoms with Crippen molar-refractivity contribution in [2.75, 3.05) is 14.2 Å². The zero-order valence-electron chi connectivity index (χ0n) is 13.2. The molecule has 4 nitrogen and oxygen atoms in total. The Hall–Kier alpha value is -1.36. The third kappa shape index (κ3) is 3.20. The third-order valence-corrected chi connectivity index (χ3v) is 4.72. The van der Waals surface area contributed by atoms with E-state index < -0.39 is 25.4 Å². The molecule has 0 aliphatic heterocycles. The third-order valence-electron chi connectivity index (χ3n) is 3.50. The van der Waals surface area contributed by atoms with Gasteiger partial charge in [0.25, 0.3) is 0 Å². The number of methoxy groups -OCH3 is 2. The predicted molar refractivity (Wildman–Crippen MR) is 80.9 cm³/mol. The van der Waals surface area contributed by atoms with Gasteiger partial charge in [0.2, 0.25) is 0 Å². The fraction of sp³-hybridized carbons (Fsp3) is 0.600. The summed E-state index contributed by atoms with van der Waals surface area (Å²) in [5.41, 5.74) is 3.16. The number of carbonyl (C=O) groups is 2. The molecule has 0 spiro atoms. The van der Waals surface area contributed by atoms with E-state index in [4.69, 9.17) is 9.47 Å². The molecule has 0 heterocycles. The Morgan fingerprint density at radius 3 is 1.85 bits per heavy atom. The summed E-state index contributed by atoms with van der Waals surface area (Å²) in [5, 5.41) is 0. The Kier molecular flexibility index (Phi) is 4.97. The predicted octanol–water partition coefficient (Wildman–Crippen LogP) is 2.86. The van der Waals surface area contributed by atoms with Crippen molar-refractivity contribution in [1.82, 2.24) is 0 Å². The van der Waals surface area contributed by atoms with Gasteiger partial charge in [-0.25, -0.2) is 0 Å². The summed E-state index contributed by atoms with van der Waals surface area (Å²) in [6.07, 6.45) is 2.70. The first kappa shape index (κ1) is 16.7. The highest BCUT2D eigenvalue weighted by atomic mass is 28.3. The molecule has 1 fully saturated rings. The summed E-state index contributed by atoms with van der Waals surface area (Å²) in [4.78, 5) is 24.3. The molecule has 112 valence electrons. The van der Waals surface area contributed by atoms with Gasteiger partial charge in [0, 0.05) is 0 Å². The van der Waals surface area contributed by atoms with Gasteiger partial charge in [0.05, 0.1) is 22.3 Å². The van der Waals surface area contributed by atoms with Crippen LogP contribution in [0.3, 0.4) is 0 Å². The summed E-state index contributed by atoms with van der Waals surface area (Å²) >= 11 is 0. The first-order valence-electron chi connectivity index (χ1n) is 6.74. The van der Waals surface area contributed by atoms with Crippen LogP contribution in [0.4, 0.5) is 0 Å². The molecule has 0 atom stereocenters. The van der Waals surface area contributed by atoms with Crippen LogP contribution in [-0.2, 0) is 19.1 Å². The van der Waals surface area contributed by atoms with Gasteiger partial charge in [-0.1, -0.05) is 37.0 Å². The monoisotopic (exact) mass is 296 g/mol. The summed E-state index contributed by atoms with van der Waals surface area (Å²) < 4.78 is 9.70. The van der Waals surface area contributed by atoms with Gasteiger partial charge in [-0.2, -0.15) is 0 Å². The first-order chi connectivity index (χ1) is 9.20. The Labute approximate surface area is 121 Å². The van der Waals surface area contributed by atoms with Crippen molar-refractivity contribution in [2.24, 2.45) is 5.41 Å². The van der Waals surface area contributed by atoms with Crippen LogP contribution in [0.15, 0.2) is 22.9 Å². The molecular weight excluding hydrogens is 272 g/mol. The van der Waals surface area contributed by atoms with Crippen LogP contribution < -0.4 is 0 Å². The van der Waals surface area contributed by atoms with Crippen LogP contribution in [0.2, 0.25) is 19.6 Å². The van der Waals surface area contributed by atoms with Crippen molar-refractivity contribution in [3.63, 3.8) is 0 Å². The minimum absolute atomic E-state index is 0.360. The maximum Gasteiger partial charge on any atom is 0.323 e. The van der Waals surface area contributed by atoms with Gasteiger partial charge in [0.1, 0.15) is 0 Å². The number of hydrogen-bond acceptors (Lipinski definition) is 4. The Balaban J connectivity index is 3.30. The van der Waals surface area contributed by atoms with Crippen LogP contribution in [0, 0.1) is 5.41 Å². The van der Waals surface area contributed by atoms with E-state index in [0.29, 0.717) is 12.8 Å². The fourth-order valence-corrected chi connectivity index (χ4v) is 3.99. The van der Waals surface area contributed by atoms with Gasteiger partial charge in [-0.05, 0) is 25.3 Å². The van der Waals surface area contributed by atoms with E-state index in [0.717, 1.165) is 11.1 Å². The zero-order chi connectivity index (χ0) is 15.6. The highest BCUT2D eigenvalue weighted by Crippen LogP contribution is 2.47. The maximum atomic E-state index is 12.1. The molecule has 1 saturated carbocycles. The van der Waals surface area contributed by atoms with Crippen molar-refractivity contribution in [2.45, 2.75) is 39.4 Å². The highest BCUT2D eigenvalue weighted by Gasteiger charge is 2.53. The van der Waals surface area contributed by atoms with E-state index in [-0.39, 0.29) is 0 Å². The number of esters is 2. The van der Waals surface area contributed by atoms with Crippen molar-refractivity contribution in [1.29, 1.82) is 0 Å². The van der Waals surface area contributed by atoms with E-state index in [1.165, 1.54) is 14.2 Å². The molecule has 1 aliphatic rings. The second kappa shape index (κ2) is 5.95. The average Bonchev–Trinajstić information content (AvgIpc) is 2.74. The molecule has 1 rings (SSSR count). The summed E-state index contributed by atoms with van der Waals surface area (Å²) in [7, 11) is 1.18. The summed E-state index contributed by atoms with van der Waals surface area (Å²) in [6.45, 7) is 8.61. The number of ether oxygens (including phenoxy) is 2. The molecule has 0 unspecified atom stereocenters. The lowest BCUT2D eigenvalue weighted by Crippen LogP contribution is -2.38. The van der Waals surface area contributed by atoms with E-state index >= 15 is 0 Å². The van der Waals surface area contributed by atoms with Gasteiger partial charge in [-0.3, -0.25) is 9.59 Å². The average molecular weight is 296 g/mol. The Morgan fingerprint density at radius 2 is 1.50 bits per heavy atom. The minimum Gasteiger partial charge on any atom is -0.468 e. The molecule has 0 radical (unpaired) electrons. The van der Waals surface area contributed by atoms with E-state index in [1.807, 2.05) is 13.0 Å². The Bertz CT molecular complexity index is 453. The van der Waals surface area contributed by atoms with Crippen molar-refractivity contribution >= 4 is 20.0 Å². The SMILES string of the molecule is C/C=C1\CC(C(=O)OC)(C(=O)OC)C\C1=C/[Si](C)(C)C.